The molecule has 0 radical (unpaired) electrons. The van der Waals surface area contributed by atoms with Crippen molar-refractivity contribution in [2.24, 2.45) is 0 Å². The van der Waals surface area contributed by atoms with Crippen LogP contribution in [0.25, 0.3) is 0 Å². The van der Waals surface area contributed by atoms with Crippen molar-refractivity contribution in [2.45, 2.75) is 84.1 Å². The molecular formula is C23H37NO3. The molecule has 1 atom stereocenters. The molecule has 0 aliphatic heterocycles. The van der Waals surface area contributed by atoms with Crippen LogP contribution in [0.1, 0.15) is 78.1 Å². The number of unbranched alkanes of at least 4 members (excludes halogenated alkanes) is 4. The number of rotatable bonds is 16. The molecule has 4 heteroatoms. The van der Waals surface area contributed by atoms with E-state index < -0.39 is 12.0 Å². The van der Waals surface area contributed by atoms with Gasteiger partial charge in [-0.25, -0.2) is 0 Å². The van der Waals surface area contributed by atoms with Crippen LogP contribution in [0.4, 0.5) is 0 Å². The average Bonchev–Trinajstić information content (AvgIpc) is 2.64. The maximum atomic E-state index is 11.5. The number of amides is 1. The third-order valence-corrected chi connectivity index (χ3v) is 3.98. The van der Waals surface area contributed by atoms with E-state index in [2.05, 4.69) is 60.8 Å². The van der Waals surface area contributed by atoms with Crippen molar-refractivity contribution in [2.75, 3.05) is 0 Å². The molecule has 0 saturated heterocycles. The molecule has 0 bridgehead atoms. The van der Waals surface area contributed by atoms with Gasteiger partial charge in [0, 0.05) is 6.42 Å². The van der Waals surface area contributed by atoms with Gasteiger partial charge in [-0.3, -0.25) is 9.59 Å². The summed E-state index contributed by atoms with van der Waals surface area (Å²) in [6.07, 6.45) is 27.2. The molecule has 0 heterocycles. The second kappa shape index (κ2) is 18.7. The normalized spacial score (nSPS) is 13.3. The molecule has 0 saturated carbocycles. The summed E-state index contributed by atoms with van der Waals surface area (Å²) in [5, 5.41) is 11.2. The summed E-state index contributed by atoms with van der Waals surface area (Å²) in [5.74, 6) is -1.22. The van der Waals surface area contributed by atoms with Crippen molar-refractivity contribution in [3.05, 3.63) is 48.6 Å². The van der Waals surface area contributed by atoms with Gasteiger partial charge in [0.05, 0.1) is 0 Å². The van der Waals surface area contributed by atoms with E-state index in [4.69, 9.17) is 5.11 Å². The van der Waals surface area contributed by atoms with E-state index in [9.17, 15) is 9.59 Å². The quantitative estimate of drug-likeness (QED) is 0.268. The number of carbonyl (C=O) groups excluding carboxylic acids is 1. The molecule has 1 amide bonds. The van der Waals surface area contributed by atoms with Crippen LogP contribution in [0.3, 0.4) is 0 Å². The Morgan fingerprint density at radius 3 is 1.78 bits per heavy atom. The first-order chi connectivity index (χ1) is 13.1. The molecule has 0 aliphatic carbocycles. The van der Waals surface area contributed by atoms with Gasteiger partial charge in [-0.05, 0) is 51.9 Å². The van der Waals surface area contributed by atoms with Gasteiger partial charge in [0.1, 0.15) is 6.04 Å². The standard InChI is InChI=1S/C23H37NO3/c1-3-4-5-6-7-8-9-10-11-12-13-14-15-16-17-18-19-20-22(25)24-21(2)23(26)27/h7-8,10-11,13-14,16-17,21H,3-6,9,12,15,18-20H2,1-2H3,(H,24,25)(H,26,27)/b8-7+,11-10+,14-13+,17-16+/t21-/m0/s1. The van der Waals surface area contributed by atoms with Crippen LogP contribution in [-0.2, 0) is 9.59 Å². The molecule has 0 rings (SSSR count). The number of aliphatic carboxylic acids is 1. The fraction of sp³-hybridized carbons (Fsp3) is 0.565. The predicted octanol–water partition coefficient (Wildman–Crippen LogP) is 5.72. The first-order valence-corrected chi connectivity index (χ1v) is 10.2. The summed E-state index contributed by atoms with van der Waals surface area (Å²) in [6.45, 7) is 3.69. The van der Waals surface area contributed by atoms with Crippen molar-refractivity contribution in [1.82, 2.24) is 5.32 Å². The second-order valence-corrected chi connectivity index (χ2v) is 6.61. The minimum Gasteiger partial charge on any atom is -0.480 e. The lowest BCUT2D eigenvalue weighted by atomic mass is 10.2. The molecule has 0 aromatic carbocycles. The Morgan fingerprint density at radius 2 is 1.30 bits per heavy atom. The number of nitrogens with one attached hydrogen (secondary N) is 1. The van der Waals surface area contributed by atoms with Crippen LogP contribution in [0.15, 0.2) is 48.6 Å². The van der Waals surface area contributed by atoms with Crippen LogP contribution in [0.5, 0.6) is 0 Å². The van der Waals surface area contributed by atoms with E-state index >= 15 is 0 Å². The lowest BCUT2D eigenvalue weighted by molar-refractivity contribution is -0.141. The third kappa shape index (κ3) is 18.5. The van der Waals surface area contributed by atoms with Gasteiger partial charge in [-0.15, -0.1) is 0 Å². The zero-order valence-electron chi connectivity index (χ0n) is 17.0. The van der Waals surface area contributed by atoms with E-state index in [-0.39, 0.29) is 5.91 Å². The van der Waals surface area contributed by atoms with Gasteiger partial charge in [0.15, 0.2) is 0 Å². The highest BCUT2D eigenvalue weighted by Crippen LogP contribution is 2.01. The van der Waals surface area contributed by atoms with E-state index in [0.717, 1.165) is 32.1 Å². The maximum absolute atomic E-state index is 11.5. The summed E-state index contributed by atoms with van der Waals surface area (Å²) in [4.78, 5) is 22.1. The number of carbonyl (C=O) groups is 2. The zero-order valence-corrected chi connectivity index (χ0v) is 17.0. The monoisotopic (exact) mass is 375 g/mol. The summed E-state index contributed by atoms with van der Waals surface area (Å²) in [7, 11) is 0. The summed E-state index contributed by atoms with van der Waals surface area (Å²) in [5.41, 5.74) is 0. The Labute approximate surface area is 165 Å². The third-order valence-electron chi connectivity index (χ3n) is 3.98. The Morgan fingerprint density at radius 1 is 0.815 bits per heavy atom. The van der Waals surface area contributed by atoms with Crippen LogP contribution >= 0.6 is 0 Å². The molecule has 0 aromatic heterocycles. The number of hydrogen-bond donors (Lipinski definition) is 2. The molecule has 0 unspecified atom stereocenters. The van der Waals surface area contributed by atoms with Crippen molar-refractivity contribution in [1.29, 1.82) is 0 Å². The van der Waals surface area contributed by atoms with Crippen molar-refractivity contribution >= 4 is 11.9 Å². The van der Waals surface area contributed by atoms with Gasteiger partial charge in [0.2, 0.25) is 5.91 Å². The molecule has 0 fully saturated rings. The fourth-order valence-electron chi connectivity index (χ4n) is 2.32. The van der Waals surface area contributed by atoms with E-state index in [1.165, 1.54) is 32.6 Å². The summed E-state index contributed by atoms with van der Waals surface area (Å²) >= 11 is 0. The molecule has 0 aromatic rings. The van der Waals surface area contributed by atoms with Crippen LogP contribution < -0.4 is 5.32 Å². The Hall–Kier alpha value is -2.10. The van der Waals surface area contributed by atoms with Gasteiger partial charge in [-0.2, -0.15) is 0 Å². The smallest absolute Gasteiger partial charge is 0.325 e. The van der Waals surface area contributed by atoms with Crippen LogP contribution in [0.2, 0.25) is 0 Å². The molecule has 2 N–H and O–H groups in total. The number of carboxylic acids is 1. The van der Waals surface area contributed by atoms with E-state index in [1.807, 2.05) is 0 Å². The predicted molar refractivity (Wildman–Crippen MR) is 114 cm³/mol. The number of carboxylic acid groups (broad SMARTS) is 1. The van der Waals surface area contributed by atoms with Gasteiger partial charge < -0.3 is 10.4 Å². The molecule has 152 valence electrons. The first kappa shape index (κ1) is 24.9. The lowest BCUT2D eigenvalue weighted by Crippen LogP contribution is -2.38. The Balaban J connectivity index is 3.56. The van der Waals surface area contributed by atoms with Crippen molar-refractivity contribution in [3.63, 3.8) is 0 Å². The minimum absolute atomic E-state index is 0.208. The van der Waals surface area contributed by atoms with Crippen molar-refractivity contribution < 1.29 is 14.7 Å². The molecule has 4 nitrogen and oxygen atoms in total. The maximum Gasteiger partial charge on any atom is 0.325 e. The molecule has 27 heavy (non-hydrogen) atoms. The van der Waals surface area contributed by atoms with Crippen LogP contribution in [0, 0.1) is 0 Å². The van der Waals surface area contributed by atoms with Crippen molar-refractivity contribution in [3.8, 4) is 0 Å². The number of hydrogen-bond acceptors (Lipinski definition) is 2. The lowest BCUT2D eigenvalue weighted by Gasteiger charge is -2.08. The summed E-state index contributed by atoms with van der Waals surface area (Å²) < 4.78 is 0. The topological polar surface area (TPSA) is 66.4 Å². The van der Waals surface area contributed by atoms with Gasteiger partial charge in [-0.1, -0.05) is 68.4 Å². The van der Waals surface area contributed by atoms with Gasteiger partial charge >= 0.3 is 5.97 Å². The number of allylic oxidation sites excluding steroid dienone is 8. The van der Waals surface area contributed by atoms with Gasteiger partial charge in [0.25, 0.3) is 0 Å². The van der Waals surface area contributed by atoms with Crippen LogP contribution in [-0.4, -0.2) is 23.0 Å². The fourth-order valence-corrected chi connectivity index (χ4v) is 2.32. The Bertz CT molecular complexity index is 504. The average molecular weight is 376 g/mol. The Kier molecular flexibility index (Phi) is 17.2. The zero-order chi connectivity index (χ0) is 20.2. The van der Waals surface area contributed by atoms with E-state index in [1.54, 1.807) is 0 Å². The first-order valence-electron chi connectivity index (χ1n) is 10.2. The highest BCUT2D eigenvalue weighted by molar-refractivity contribution is 5.83. The highest BCUT2D eigenvalue weighted by atomic mass is 16.4. The molecular weight excluding hydrogens is 338 g/mol. The highest BCUT2D eigenvalue weighted by Gasteiger charge is 2.12. The van der Waals surface area contributed by atoms with E-state index in [0.29, 0.717) is 6.42 Å². The molecule has 0 spiro atoms. The summed E-state index contributed by atoms with van der Waals surface area (Å²) in [6, 6.07) is -0.825. The SMILES string of the molecule is CCCCC/C=C/C/C=C/C/C=C/C/C=C/CCCC(=O)N[C@@H](C)C(=O)O. The second-order valence-electron chi connectivity index (χ2n) is 6.61. The largest absolute Gasteiger partial charge is 0.480 e. The minimum atomic E-state index is -1.01. The molecule has 0 aliphatic rings.